The largest absolute Gasteiger partial charge is 0.394 e. The molecule has 0 radical (unpaired) electrons. The average Bonchev–Trinajstić information content (AvgIpc) is 3.32. The third-order valence-corrected chi connectivity index (χ3v) is 5.25. The highest BCUT2D eigenvalue weighted by Crippen LogP contribution is 2.23. The van der Waals surface area contributed by atoms with Crippen LogP contribution in [0.15, 0.2) is 36.9 Å². The van der Waals surface area contributed by atoms with E-state index in [-0.39, 0.29) is 6.61 Å². The summed E-state index contributed by atoms with van der Waals surface area (Å²) in [6.45, 7) is 10.2. The molecule has 0 aliphatic rings. The molecule has 4 rings (SSSR count). The Morgan fingerprint density at radius 1 is 1.10 bits per heavy atom. The molecule has 30 heavy (non-hydrogen) atoms. The molecule has 0 bridgehead atoms. The summed E-state index contributed by atoms with van der Waals surface area (Å²) in [5.74, 6) is 1.60. The molecule has 0 aliphatic heterocycles. The third-order valence-electron chi connectivity index (χ3n) is 5.25. The summed E-state index contributed by atoms with van der Waals surface area (Å²) in [5, 5.41) is 13.9. The normalized spacial score (nSPS) is 12.2. The Hall–Kier alpha value is -3.13. The van der Waals surface area contributed by atoms with Gasteiger partial charge in [0.1, 0.15) is 11.3 Å². The minimum Gasteiger partial charge on any atom is -0.394 e. The van der Waals surface area contributed by atoms with E-state index in [9.17, 15) is 5.11 Å². The third kappa shape index (κ3) is 3.70. The zero-order chi connectivity index (χ0) is 21.5. The number of aromatic nitrogens is 7. The highest BCUT2D eigenvalue weighted by atomic mass is 16.3. The second-order valence-corrected chi connectivity index (χ2v) is 8.48. The van der Waals surface area contributed by atoms with Gasteiger partial charge < -0.3 is 9.67 Å². The van der Waals surface area contributed by atoms with Gasteiger partial charge in [-0.05, 0) is 46.8 Å². The van der Waals surface area contributed by atoms with Crippen LogP contribution in [0.1, 0.15) is 50.9 Å². The number of imidazole rings is 1. The Kier molecular flexibility index (Phi) is 5.11. The fourth-order valence-electron chi connectivity index (χ4n) is 3.57. The van der Waals surface area contributed by atoms with Crippen LogP contribution in [0.5, 0.6) is 0 Å². The number of aryl methyl sites for hydroxylation is 1. The SMILES string of the molecule is Cc1nc2cnc(Cc3ccnc(-c4cnn(C(C)(C)CO)c4)n3)cc2n1C(C)C. The van der Waals surface area contributed by atoms with Gasteiger partial charge in [0.25, 0.3) is 0 Å². The summed E-state index contributed by atoms with van der Waals surface area (Å²) in [6, 6.07) is 4.33. The molecule has 0 saturated heterocycles. The second-order valence-electron chi connectivity index (χ2n) is 8.48. The van der Waals surface area contributed by atoms with Crippen LogP contribution >= 0.6 is 0 Å². The van der Waals surface area contributed by atoms with Crippen molar-refractivity contribution in [2.75, 3.05) is 6.61 Å². The predicted molar refractivity (Wildman–Crippen MR) is 115 cm³/mol. The van der Waals surface area contributed by atoms with Gasteiger partial charge in [-0.2, -0.15) is 5.10 Å². The average molecular weight is 406 g/mol. The lowest BCUT2D eigenvalue weighted by atomic mass is 10.1. The fourth-order valence-corrected chi connectivity index (χ4v) is 3.57. The Morgan fingerprint density at radius 2 is 1.90 bits per heavy atom. The first kappa shape index (κ1) is 20.2. The molecule has 0 saturated carbocycles. The summed E-state index contributed by atoms with van der Waals surface area (Å²) in [6.07, 6.45) is 7.78. The molecule has 8 nitrogen and oxygen atoms in total. The number of hydrogen-bond donors (Lipinski definition) is 1. The molecule has 0 amide bonds. The number of nitrogens with zero attached hydrogens (tertiary/aromatic N) is 7. The molecular formula is C22H27N7O. The van der Waals surface area contributed by atoms with E-state index in [0.29, 0.717) is 18.3 Å². The van der Waals surface area contributed by atoms with Crippen LogP contribution in [0.2, 0.25) is 0 Å². The van der Waals surface area contributed by atoms with E-state index in [0.717, 1.165) is 33.8 Å². The van der Waals surface area contributed by atoms with Gasteiger partial charge in [0, 0.05) is 30.6 Å². The van der Waals surface area contributed by atoms with Gasteiger partial charge in [0.15, 0.2) is 5.82 Å². The Bertz CT molecular complexity index is 1190. The molecule has 0 aromatic carbocycles. The van der Waals surface area contributed by atoms with Crippen molar-refractivity contribution in [3.63, 3.8) is 0 Å². The van der Waals surface area contributed by atoms with Crippen LogP contribution in [0.25, 0.3) is 22.4 Å². The molecule has 0 unspecified atom stereocenters. The van der Waals surface area contributed by atoms with Crippen molar-refractivity contribution < 1.29 is 5.11 Å². The Morgan fingerprint density at radius 3 is 2.63 bits per heavy atom. The zero-order valence-corrected chi connectivity index (χ0v) is 18.0. The van der Waals surface area contributed by atoms with Crippen molar-refractivity contribution in [2.24, 2.45) is 0 Å². The van der Waals surface area contributed by atoms with Crippen LogP contribution in [-0.2, 0) is 12.0 Å². The van der Waals surface area contributed by atoms with Crippen molar-refractivity contribution in [2.45, 2.75) is 52.6 Å². The van der Waals surface area contributed by atoms with E-state index in [2.05, 4.69) is 44.5 Å². The summed E-state index contributed by atoms with van der Waals surface area (Å²) < 4.78 is 3.96. The van der Waals surface area contributed by atoms with Crippen molar-refractivity contribution in [1.29, 1.82) is 0 Å². The molecule has 4 aromatic rings. The molecule has 4 heterocycles. The second kappa shape index (κ2) is 7.60. The van der Waals surface area contributed by atoms with Crippen LogP contribution in [-0.4, -0.2) is 46.0 Å². The molecule has 0 fully saturated rings. The number of fused-ring (bicyclic) bond motifs is 1. The molecule has 8 heteroatoms. The maximum Gasteiger partial charge on any atom is 0.162 e. The van der Waals surface area contributed by atoms with Crippen LogP contribution in [0.3, 0.4) is 0 Å². The van der Waals surface area contributed by atoms with Crippen molar-refractivity contribution >= 4 is 11.0 Å². The molecule has 156 valence electrons. The van der Waals surface area contributed by atoms with Gasteiger partial charge in [0.05, 0.1) is 41.3 Å². The minimum atomic E-state index is -0.479. The Balaban J connectivity index is 1.63. The van der Waals surface area contributed by atoms with E-state index in [1.165, 1.54) is 0 Å². The smallest absolute Gasteiger partial charge is 0.162 e. The van der Waals surface area contributed by atoms with Crippen molar-refractivity contribution in [3.8, 4) is 11.4 Å². The lowest BCUT2D eigenvalue weighted by Gasteiger charge is -2.21. The van der Waals surface area contributed by atoms with Crippen molar-refractivity contribution in [1.82, 2.24) is 34.3 Å². The topological polar surface area (TPSA) is 94.5 Å². The summed E-state index contributed by atoms with van der Waals surface area (Å²) in [5.41, 5.74) is 4.16. The minimum absolute atomic E-state index is 0.00437. The summed E-state index contributed by atoms with van der Waals surface area (Å²) in [7, 11) is 0. The van der Waals surface area contributed by atoms with E-state index < -0.39 is 5.54 Å². The lowest BCUT2D eigenvalue weighted by Crippen LogP contribution is -2.30. The molecule has 0 spiro atoms. The Labute approximate surface area is 175 Å². The van der Waals surface area contributed by atoms with Gasteiger partial charge in [-0.3, -0.25) is 9.67 Å². The van der Waals surface area contributed by atoms with E-state index in [1.54, 1.807) is 17.1 Å². The predicted octanol–water partition coefficient (Wildman–Crippen LogP) is 3.29. The fraction of sp³-hybridized carbons (Fsp3) is 0.409. The lowest BCUT2D eigenvalue weighted by molar-refractivity contribution is 0.152. The number of hydrogen-bond acceptors (Lipinski definition) is 6. The van der Waals surface area contributed by atoms with Gasteiger partial charge in [0.2, 0.25) is 0 Å². The molecule has 4 aromatic heterocycles. The molecule has 0 atom stereocenters. The highest BCUT2D eigenvalue weighted by Gasteiger charge is 2.20. The van der Waals surface area contributed by atoms with Gasteiger partial charge in [-0.15, -0.1) is 0 Å². The summed E-state index contributed by atoms with van der Waals surface area (Å²) in [4.78, 5) is 18.3. The molecule has 1 N–H and O–H groups in total. The number of pyridine rings is 1. The zero-order valence-electron chi connectivity index (χ0n) is 18.0. The monoisotopic (exact) mass is 405 g/mol. The first-order valence-electron chi connectivity index (χ1n) is 10.1. The number of aliphatic hydroxyl groups is 1. The van der Waals surface area contributed by atoms with E-state index in [4.69, 9.17) is 4.98 Å². The molecule has 0 aliphatic carbocycles. The maximum absolute atomic E-state index is 9.56. The summed E-state index contributed by atoms with van der Waals surface area (Å²) >= 11 is 0. The standard InChI is InChI=1S/C22H27N7O/c1-14(2)29-15(3)26-19-11-24-18(9-20(19)29)8-17-6-7-23-21(27-17)16-10-25-28(12-16)22(4,5)13-30/h6-7,9-12,14,30H,8,13H2,1-5H3. The van der Waals surface area contributed by atoms with E-state index in [1.807, 2.05) is 39.2 Å². The van der Waals surface area contributed by atoms with Crippen LogP contribution in [0, 0.1) is 6.92 Å². The molecular weight excluding hydrogens is 378 g/mol. The van der Waals surface area contributed by atoms with Gasteiger partial charge in [-0.1, -0.05) is 0 Å². The number of rotatable bonds is 6. The highest BCUT2D eigenvalue weighted by molar-refractivity contribution is 5.75. The van der Waals surface area contributed by atoms with Crippen LogP contribution < -0.4 is 0 Å². The number of aliphatic hydroxyl groups excluding tert-OH is 1. The van der Waals surface area contributed by atoms with Gasteiger partial charge >= 0.3 is 0 Å². The van der Waals surface area contributed by atoms with Crippen LogP contribution in [0.4, 0.5) is 0 Å². The van der Waals surface area contributed by atoms with Gasteiger partial charge in [-0.25, -0.2) is 15.0 Å². The van der Waals surface area contributed by atoms with E-state index >= 15 is 0 Å². The first-order valence-corrected chi connectivity index (χ1v) is 10.1. The van der Waals surface area contributed by atoms with Crippen molar-refractivity contribution in [3.05, 3.63) is 54.1 Å². The first-order chi connectivity index (χ1) is 14.3. The quantitative estimate of drug-likeness (QED) is 0.529. The maximum atomic E-state index is 9.56.